The van der Waals surface area contributed by atoms with Crippen molar-refractivity contribution in [1.29, 1.82) is 0 Å². The molecule has 1 heterocycles. The Morgan fingerprint density at radius 2 is 2.21 bits per heavy atom. The van der Waals surface area contributed by atoms with Gasteiger partial charge in [-0.3, -0.25) is 0 Å². The first kappa shape index (κ1) is 8.83. The highest BCUT2D eigenvalue weighted by Crippen LogP contribution is 2.20. The molecular weight excluding hydrogens is 185 g/mol. The van der Waals surface area contributed by atoms with Gasteiger partial charge in [0.05, 0.1) is 0 Å². The second-order valence-electron chi connectivity index (χ2n) is 2.77. The fourth-order valence-corrected chi connectivity index (χ4v) is 1.20. The highest BCUT2D eigenvalue weighted by Gasteiger charge is 2.10. The molecule has 2 rings (SSSR count). The first-order chi connectivity index (χ1) is 6.81. The summed E-state index contributed by atoms with van der Waals surface area (Å²) in [7, 11) is 0. The average Bonchev–Trinajstić information content (AvgIpc) is 2.65. The summed E-state index contributed by atoms with van der Waals surface area (Å²) in [5.41, 5.74) is 7.05. The number of hydrogen-bond donors (Lipinski definition) is 1. The van der Waals surface area contributed by atoms with Crippen LogP contribution >= 0.6 is 0 Å². The van der Waals surface area contributed by atoms with Crippen LogP contribution in [0.1, 0.15) is 5.69 Å². The molecule has 0 unspecified atom stereocenters. The molecule has 1 aromatic carbocycles. The third-order valence-electron chi connectivity index (χ3n) is 1.85. The lowest BCUT2D eigenvalue weighted by atomic mass is 10.1. The smallest absolute Gasteiger partial charge is 0.139 e. The van der Waals surface area contributed by atoms with E-state index in [4.69, 9.17) is 5.73 Å². The van der Waals surface area contributed by atoms with Crippen molar-refractivity contribution in [1.82, 2.24) is 10.3 Å². The van der Waals surface area contributed by atoms with E-state index in [2.05, 4.69) is 14.9 Å². The van der Waals surface area contributed by atoms with E-state index >= 15 is 0 Å². The maximum Gasteiger partial charge on any atom is 0.139 e. The summed E-state index contributed by atoms with van der Waals surface area (Å²) < 4.78 is 17.4. The summed E-state index contributed by atoms with van der Waals surface area (Å²) in [6.07, 6.45) is 0. The molecule has 72 valence electrons. The summed E-state index contributed by atoms with van der Waals surface area (Å²) in [6, 6.07) is 6.04. The van der Waals surface area contributed by atoms with E-state index < -0.39 is 0 Å². The molecule has 0 spiro atoms. The molecule has 0 amide bonds. The molecule has 14 heavy (non-hydrogen) atoms. The fourth-order valence-electron chi connectivity index (χ4n) is 1.20. The van der Waals surface area contributed by atoms with E-state index in [1.54, 1.807) is 12.1 Å². The van der Waals surface area contributed by atoms with E-state index in [9.17, 15) is 4.39 Å². The number of halogens is 1. The predicted molar refractivity (Wildman–Crippen MR) is 47.6 cm³/mol. The van der Waals surface area contributed by atoms with Gasteiger partial charge in [0.2, 0.25) is 0 Å². The van der Waals surface area contributed by atoms with Gasteiger partial charge in [0.15, 0.2) is 0 Å². The van der Waals surface area contributed by atoms with Crippen molar-refractivity contribution < 1.29 is 9.02 Å². The van der Waals surface area contributed by atoms with E-state index in [-0.39, 0.29) is 12.4 Å². The lowest BCUT2D eigenvalue weighted by Gasteiger charge is -1.96. The monoisotopic (exact) mass is 193 g/mol. The Morgan fingerprint density at radius 1 is 1.36 bits per heavy atom. The third-order valence-corrected chi connectivity index (χ3v) is 1.85. The van der Waals surface area contributed by atoms with Crippen LogP contribution in [0.3, 0.4) is 0 Å². The van der Waals surface area contributed by atoms with Gasteiger partial charge in [-0.25, -0.2) is 9.02 Å². The van der Waals surface area contributed by atoms with Crippen molar-refractivity contribution in [2.75, 3.05) is 0 Å². The number of rotatable bonds is 2. The van der Waals surface area contributed by atoms with Crippen molar-refractivity contribution in [3.63, 3.8) is 0 Å². The number of hydrogen-bond acceptors (Lipinski definition) is 4. The minimum absolute atomic E-state index is 0.218. The molecule has 4 nitrogen and oxygen atoms in total. The molecule has 0 atom stereocenters. The van der Waals surface area contributed by atoms with Gasteiger partial charge in [-0.2, -0.15) is 0 Å². The van der Waals surface area contributed by atoms with Crippen LogP contribution in [-0.4, -0.2) is 10.3 Å². The zero-order valence-corrected chi connectivity index (χ0v) is 7.27. The Hall–Kier alpha value is -1.75. The van der Waals surface area contributed by atoms with Gasteiger partial charge >= 0.3 is 0 Å². The van der Waals surface area contributed by atoms with Crippen molar-refractivity contribution in [2.24, 2.45) is 5.73 Å². The van der Waals surface area contributed by atoms with Crippen molar-refractivity contribution in [3.8, 4) is 11.3 Å². The van der Waals surface area contributed by atoms with Crippen molar-refractivity contribution in [2.45, 2.75) is 6.54 Å². The van der Waals surface area contributed by atoms with E-state index in [0.717, 1.165) is 0 Å². The summed E-state index contributed by atoms with van der Waals surface area (Å²) in [5.74, 6) is -0.325. The van der Waals surface area contributed by atoms with E-state index in [1.165, 1.54) is 12.1 Å². The van der Waals surface area contributed by atoms with Crippen LogP contribution in [0.2, 0.25) is 0 Å². The summed E-state index contributed by atoms with van der Waals surface area (Å²) in [5, 5.41) is 7.27. The first-order valence-corrected chi connectivity index (χ1v) is 4.08. The SMILES string of the molecule is NCc1nonc1-c1cccc(F)c1. The maximum atomic E-state index is 12.9. The number of benzene rings is 1. The Morgan fingerprint density at radius 3 is 2.93 bits per heavy atom. The predicted octanol–water partition coefficient (Wildman–Crippen LogP) is 1.33. The Kier molecular flexibility index (Phi) is 2.24. The minimum atomic E-state index is -0.325. The highest BCUT2D eigenvalue weighted by atomic mass is 19.1. The third kappa shape index (κ3) is 1.49. The van der Waals surface area contributed by atoms with Crippen LogP contribution in [0.15, 0.2) is 28.9 Å². The van der Waals surface area contributed by atoms with Crippen LogP contribution < -0.4 is 5.73 Å². The van der Waals surface area contributed by atoms with Gasteiger partial charge < -0.3 is 5.73 Å². The second-order valence-corrected chi connectivity index (χ2v) is 2.77. The zero-order valence-electron chi connectivity index (χ0n) is 7.27. The van der Waals surface area contributed by atoms with Crippen molar-refractivity contribution in [3.05, 3.63) is 35.8 Å². The van der Waals surface area contributed by atoms with Gasteiger partial charge in [0.25, 0.3) is 0 Å². The molecule has 0 fully saturated rings. The van der Waals surface area contributed by atoms with E-state index in [0.29, 0.717) is 17.0 Å². The lowest BCUT2D eigenvalue weighted by Crippen LogP contribution is -1.98. The van der Waals surface area contributed by atoms with Crippen LogP contribution in [0.25, 0.3) is 11.3 Å². The summed E-state index contributed by atoms with van der Waals surface area (Å²) in [4.78, 5) is 0. The quantitative estimate of drug-likeness (QED) is 0.781. The molecule has 0 aliphatic rings. The molecule has 2 N–H and O–H groups in total. The lowest BCUT2D eigenvalue weighted by molar-refractivity contribution is 0.304. The zero-order chi connectivity index (χ0) is 9.97. The Balaban J connectivity index is 2.49. The van der Waals surface area contributed by atoms with Crippen molar-refractivity contribution >= 4 is 0 Å². The molecule has 5 heteroatoms. The molecular formula is C9H8FN3O. The van der Waals surface area contributed by atoms with Gasteiger partial charge in [-0.05, 0) is 17.3 Å². The summed E-state index contributed by atoms with van der Waals surface area (Å²) in [6.45, 7) is 0.218. The normalized spacial score (nSPS) is 10.4. The largest absolute Gasteiger partial charge is 0.325 e. The molecule has 1 aromatic heterocycles. The standard InChI is InChI=1S/C9H8FN3O/c10-7-3-1-2-6(4-7)9-8(5-11)12-14-13-9/h1-4H,5,11H2. The fraction of sp³-hybridized carbons (Fsp3) is 0.111. The van der Waals surface area contributed by atoms with Gasteiger partial charge in [0.1, 0.15) is 17.2 Å². The van der Waals surface area contributed by atoms with Gasteiger partial charge in [-0.1, -0.05) is 17.3 Å². The minimum Gasteiger partial charge on any atom is -0.325 e. The number of aromatic nitrogens is 2. The number of nitrogens with two attached hydrogens (primary N) is 1. The average molecular weight is 193 g/mol. The first-order valence-electron chi connectivity index (χ1n) is 4.08. The Bertz CT molecular complexity index is 441. The van der Waals surface area contributed by atoms with Crippen LogP contribution in [0, 0.1) is 5.82 Å². The number of nitrogens with zero attached hydrogens (tertiary/aromatic N) is 2. The maximum absolute atomic E-state index is 12.9. The molecule has 0 aliphatic heterocycles. The molecule has 0 aliphatic carbocycles. The van der Waals surface area contributed by atoms with Gasteiger partial charge in [0, 0.05) is 12.1 Å². The van der Waals surface area contributed by atoms with Crippen LogP contribution in [0.4, 0.5) is 4.39 Å². The van der Waals surface area contributed by atoms with Gasteiger partial charge in [-0.15, -0.1) is 0 Å². The summed E-state index contributed by atoms with van der Waals surface area (Å²) >= 11 is 0. The van der Waals surface area contributed by atoms with Crippen LogP contribution in [-0.2, 0) is 6.54 Å². The second kappa shape index (κ2) is 3.55. The highest BCUT2D eigenvalue weighted by molar-refractivity contribution is 5.60. The molecule has 2 aromatic rings. The van der Waals surface area contributed by atoms with Crippen LogP contribution in [0.5, 0.6) is 0 Å². The molecule has 0 bridgehead atoms. The molecule has 0 saturated carbocycles. The topological polar surface area (TPSA) is 64.9 Å². The Labute approximate surface area is 79.5 Å². The molecule has 0 radical (unpaired) electrons. The van der Waals surface area contributed by atoms with E-state index in [1.807, 2.05) is 0 Å². The molecule has 0 saturated heterocycles.